The van der Waals surface area contributed by atoms with Crippen LogP contribution in [-0.4, -0.2) is 29.1 Å². The van der Waals surface area contributed by atoms with Gasteiger partial charge in [-0.3, -0.25) is 9.59 Å². The number of hydrogen-bond acceptors (Lipinski definition) is 5. The van der Waals surface area contributed by atoms with Crippen LogP contribution in [0.3, 0.4) is 0 Å². The molecule has 0 aromatic carbocycles. The number of aliphatic carboxylic acids is 1. The summed E-state index contributed by atoms with van der Waals surface area (Å²) < 4.78 is 5.40. The van der Waals surface area contributed by atoms with Crippen molar-refractivity contribution in [2.75, 3.05) is 5.32 Å². The summed E-state index contributed by atoms with van der Waals surface area (Å²) in [6.07, 6.45) is 7.89. The SMILES string of the molecule is CC(C)OC(=O)c1c(NC(=O)[C@H]2CC=CC[C@@H]2C(=O)O)sc2c1CCCC2. The topological polar surface area (TPSA) is 92.7 Å². The molecule has 2 aliphatic rings. The molecule has 0 spiro atoms. The Labute approximate surface area is 162 Å². The van der Waals surface area contributed by atoms with Crippen molar-refractivity contribution in [3.05, 3.63) is 28.2 Å². The second kappa shape index (κ2) is 8.25. The lowest BCUT2D eigenvalue weighted by Gasteiger charge is -2.24. The lowest BCUT2D eigenvalue weighted by Crippen LogP contribution is -2.34. The maximum Gasteiger partial charge on any atom is 0.341 e. The molecule has 2 aliphatic carbocycles. The van der Waals surface area contributed by atoms with Gasteiger partial charge in [-0.1, -0.05) is 12.2 Å². The first-order valence-electron chi connectivity index (χ1n) is 9.42. The van der Waals surface area contributed by atoms with E-state index in [1.165, 1.54) is 11.3 Å². The molecule has 146 valence electrons. The van der Waals surface area contributed by atoms with E-state index in [9.17, 15) is 19.5 Å². The minimum atomic E-state index is -0.968. The fourth-order valence-corrected chi connectivity index (χ4v) is 5.00. The fraction of sp³-hybridized carbons (Fsp3) is 0.550. The van der Waals surface area contributed by atoms with Gasteiger partial charge in [-0.05, 0) is 57.9 Å². The zero-order chi connectivity index (χ0) is 19.6. The van der Waals surface area contributed by atoms with Crippen LogP contribution in [0.5, 0.6) is 0 Å². The summed E-state index contributed by atoms with van der Waals surface area (Å²) in [6, 6.07) is 0. The summed E-state index contributed by atoms with van der Waals surface area (Å²) in [5.74, 6) is -3.11. The van der Waals surface area contributed by atoms with Gasteiger partial charge in [0, 0.05) is 4.88 Å². The molecular weight excluding hydrogens is 366 g/mol. The zero-order valence-corrected chi connectivity index (χ0v) is 16.4. The highest BCUT2D eigenvalue weighted by Crippen LogP contribution is 2.39. The third-order valence-electron chi connectivity index (χ3n) is 5.04. The number of hydrogen-bond donors (Lipinski definition) is 2. The van der Waals surface area contributed by atoms with Crippen molar-refractivity contribution in [3.8, 4) is 0 Å². The molecule has 0 saturated heterocycles. The van der Waals surface area contributed by atoms with E-state index in [-0.39, 0.29) is 12.0 Å². The predicted octanol–water partition coefficient (Wildman–Crippen LogP) is 3.80. The largest absolute Gasteiger partial charge is 0.481 e. The molecule has 1 amide bonds. The van der Waals surface area contributed by atoms with Gasteiger partial charge in [-0.2, -0.15) is 0 Å². The molecule has 0 aliphatic heterocycles. The van der Waals surface area contributed by atoms with Gasteiger partial charge in [-0.15, -0.1) is 11.3 Å². The normalized spacial score (nSPS) is 21.6. The molecule has 7 heteroatoms. The van der Waals surface area contributed by atoms with Crippen LogP contribution in [0.25, 0.3) is 0 Å². The van der Waals surface area contributed by atoms with E-state index in [0.717, 1.165) is 36.1 Å². The molecule has 27 heavy (non-hydrogen) atoms. The molecule has 2 atom stereocenters. The Bertz CT molecular complexity index is 780. The highest BCUT2D eigenvalue weighted by molar-refractivity contribution is 7.17. The fourth-order valence-electron chi connectivity index (χ4n) is 3.72. The van der Waals surface area contributed by atoms with E-state index < -0.39 is 23.8 Å². The minimum Gasteiger partial charge on any atom is -0.481 e. The number of aryl methyl sites for hydroxylation is 1. The Morgan fingerprint density at radius 3 is 2.48 bits per heavy atom. The van der Waals surface area contributed by atoms with Crippen LogP contribution >= 0.6 is 11.3 Å². The Morgan fingerprint density at radius 1 is 1.15 bits per heavy atom. The molecular formula is C20H25NO5S. The van der Waals surface area contributed by atoms with Gasteiger partial charge >= 0.3 is 11.9 Å². The number of carbonyl (C=O) groups is 3. The van der Waals surface area contributed by atoms with Crippen molar-refractivity contribution in [1.29, 1.82) is 0 Å². The molecule has 1 aromatic heterocycles. The molecule has 2 N–H and O–H groups in total. The summed E-state index contributed by atoms with van der Waals surface area (Å²) >= 11 is 1.42. The second-order valence-electron chi connectivity index (χ2n) is 7.35. The number of amides is 1. The van der Waals surface area contributed by atoms with Crippen LogP contribution in [0, 0.1) is 11.8 Å². The standard InChI is InChI=1S/C20H25NO5S/c1-11(2)26-20(25)16-14-9-5-6-10-15(14)27-18(16)21-17(22)12-7-3-4-8-13(12)19(23)24/h3-4,11-13H,5-10H2,1-2H3,(H,21,22)(H,23,24)/t12-,13-/m0/s1. The quantitative estimate of drug-likeness (QED) is 0.588. The van der Waals surface area contributed by atoms with E-state index in [1.807, 2.05) is 6.08 Å². The smallest absolute Gasteiger partial charge is 0.341 e. The third-order valence-corrected chi connectivity index (χ3v) is 6.25. The third kappa shape index (κ3) is 4.24. The zero-order valence-electron chi connectivity index (χ0n) is 15.6. The van der Waals surface area contributed by atoms with Crippen LogP contribution in [-0.2, 0) is 27.2 Å². The molecule has 3 rings (SSSR count). The molecule has 0 saturated carbocycles. The number of esters is 1. The number of carboxylic acid groups (broad SMARTS) is 1. The number of thiophene rings is 1. The van der Waals surface area contributed by atoms with Crippen molar-refractivity contribution in [3.63, 3.8) is 0 Å². The number of nitrogens with one attached hydrogen (secondary N) is 1. The van der Waals surface area contributed by atoms with Gasteiger partial charge in [-0.25, -0.2) is 4.79 Å². The summed E-state index contributed by atoms with van der Waals surface area (Å²) in [5.41, 5.74) is 1.43. The minimum absolute atomic E-state index is 0.250. The van der Waals surface area contributed by atoms with E-state index in [1.54, 1.807) is 19.9 Å². The van der Waals surface area contributed by atoms with Crippen molar-refractivity contribution >= 4 is 34.2 Å². The van der Waals surface area contributed by atoms with Crippen molar-refractivity contribution < 1.29 is 24.2 Å². The van der Waals surface area contributed by atoms with Crippen molar-refractivity contribution in [2.45, 2.75) is 58.5 Å². The van der Waals surface area contributed by atoms with E-state index in [4.69, 9.17) is 4.74 Å². The molecule has 0 fully saturated rings. The summed E-state index contributed by atoms with van der Waals surface area (Å²) in [4.78, 5) is 38.1. The van der Waals surface area contributed by atoms with Crippen molar-refractivity contribution in [1.82, 2.24) is 0 Å². The summed E-state index contributed by atoms with van der Waals surface area (Å²) in [7, 11) is 0. The number of carboxylic acids is 1. The Kier molecular flexibility index (Phi) is 5.99. The van der Waals surface area contributed by atoms with Gasteiger partial charge < -0.3 is 15.2 Å². The average Bonchev–Trinajstić information content (AvgIpc) is 2.98. The van der Waals surface area contributed by atoms with Crippen LogP contribution in [0.2, 0.25) is 0 Å². The maximum atomic E-state index is 12.8. The van der Waals surface area contributed by atoms with Crippen LogP contribution in [0.1, 0.15) is 60.3 Å². The van der Waals surface area contributed by atoms with Crippen LogP contribution < -0.4 is 5.32 Å². The van der Waals surface area contributed by atoms with Gasteiger partial charge in [0.1, 0.15) is 5.00 Å². The first-order chi connectivity index (χ1) is 12.9. The number of fused-ring (bicyclic) bond motifs is 1. The highest BCUT2D eigenvalue weighted by atomic mass is 32.1. The first kappa shape index (κ1) is 19.6. The first-order valence-corrected chi connectivity index (χ1v) is 10.2. The molecule has 1 aromatic rings. The number of anilines is 1. The Hall–Kier alpha value is -2.15. The Balaban J connectivity index is 1.88. The van der Waals surface area contributed by atoms with Crippen LogP contribution in [0.4, 0.5) is 5.00 Å². The average molecular weight is 391 g/mol. The second-order valence-corrected chi connectivity index (χ2v) is 8.46. The van der Waals surface area contributed by atoms with Crippen molar-refractivity contribution in [2.24, 2.45) is 11.8 Å². The molecule has 6 nitrogen and oxygen atoms in total. The number of carbonyl (C=O) groups excluding carboxylic acids is 2. The lowest BCUT2D eigenvalue weighted by molar-refractivity contribution is -0.146. The van der Waals surface area contributed by atoms with Gasteiger partial charge in [0.15, 0.2) is 0 Å². The molecule has 0 radical (unpaired) electrons. The summed E-state index contributed by atoms with van der Waals surface area (Å²) in [5, 5.41) is 12.8. The number of allylic oxidation sites excluding steroid dienone is 2. The Morgan fingerprint density at radius 2 is 1.81 bits per heavy atom. The summed E-state index contributed by atoms with van der Waals surface area (Å²) in [6.45, 7) is 3.58. The van der Waals surface area contributed by atoms with E-state index in [2.05, 4.69) is 5.32 Å². The monoisotopic (exact) mass is 391 g/mol. The highest BCUT2D eigenvalue weighted by Gasteiger charge is 2.35. The molecule has 0 unspecified atom stereocenters. The van der Waals surface area contributed by atoms with E-state index in [0.29, 0.717) is 23.4 Å². The molecule has 0 bridgehead atoms. The molecule has 1 heterocycles. The number of ether oxygens (including phenoxy) is 1. The van der Waals surface area contributed by atoms with Gasteiger partial charge in [0.25, 0.3) is 0 Å². The lowest BCUT2D eigenvalue weighted by atomic mass is 9.82. The van der Waals surface area contributed by atoms with E-state index >= 15 is 0 Å². The predicted molar refractivity (Wildman–Crippen MR) is 103 cm³/mol. The van der Waals surface area contributed by atoms with Gasteiger partial charge in [0.2, 0.25) is 5.91 Å². The van der Waals surface area contributed by atoms with Gasteiger partial charge in [0.05, 0.1) is 23.5 Å². The number of rotatable bonds is 5. The maximum absolute atomic E-state index is 12.8. The van der Waals surface area contributed by atoms with Crippen LogP contribution in [0.15, 0.2) is 12.2 Å².